The molecule has 3 aromatic rings. The van der Waals surface area contributed by atoms with Gasteiger partial charge in [-0.15, -0.1) is 0 Å². The van der Waals surface area contributed by atoms with Crippen LogP contribution in [0.3, 0.4) is 0 Å². The molecule has 0 radical (unpaired) electrons. The molecule has 0 saturated heterocycles. The summed E-state index contributed by atoms with van der Waals surface area (Å²) >= 11 is 0. The van der Waals surface area contributed by atoms with Crippen molar-refractivity contribution in [1.29, 1.82) is 0 Å². The second-order valence-corrected chi connectivity index (χ2v) is 7.11. The van der Waals surface area contributed by atoms with Crippen LogP contribution in [0.4, 0.5) is 11.4 Å². The van der Waals surface area contributed by atoms with E-state index in [9.17, 15) is 9.59 Å². The zero-order valence-corrected chi connectivity index (χ0v) is 16.7. The lowest BCUT2D eigenvalue weighted by atomic mass is 10.0. The van der Waals surface area contributed by atoms with Crippen molar-refractivity contribution >= 4 is 29.3 Å². The van der Waals surface area contributed by atoms with E-state index in [1.807, 2.05) is 19.1 Å². The van der Waals surface area contributed by atoms with Crippen LogP contribution in [0, 0.1) is 6.92 Å². The Bertz CT molecular complexity index is 1020. The van der Waals surface area contributed by atoms with Crippen LogP contribution in [-0.4, -0.2) is 11.8 Å². The summed E-state index contributed by atoms with van der Waals surface area (Å²) in [5, 5.41) is 5.63. The van der Waals surface area contributed by atoms with Crippen LogP contribution in [0.25, 0.3) is 6.08 Å². The highest BCUT2D eigenvalue weighted by Crippen LogP contribution is 2.21. The van der Waals surface area contributed by atoms with Gasteiger partial charge in [0.15, 0.2) is 5.76 Å². The van der Waals surface area contributed by atoms with Gasteiger partial charge in [-0.2, -0.15) is 0 Å². The topological polar surface area (TPSA) is 71.3 Å². The number of hydrogen-bond donors (Lipinski definition) is 2. The maximum atomic E-state index is 12.2. The fraction of sp³-hybridized carbons (Fsp3) is 0.167. The van der Waals surface area contributed by atoms with Crippen LogP contribution < -0.4 is 10.6 Å². The predicted molar refractivity (Wildman–Crippen MR) is 116 cm³/mol. The summed E-state index contributed by atoms with van der Waals surface area (Å²) in [6, 6.07) is 16.7. The summed E-state index contributed by atoms with van der Waals surface area (Å²) in [6.45, 7) is 6.15. The third-order valence-corrected chi connectivity index (χ3v) is 4.52. The van der Waals surface area contributed by atoms with Crippen LogP contribution in [-0.2, 0) is 4.79 Å². The van der Waals surface area contributed by atoms with E-state index in [0.29, 0.717) is 17.3 Å². The smallest absolute Gasteiger partial charge is 0.291 e. The summed E-state index contributed by atoms with van der Waals surface area (Å²) < 4.78 is 5.09. The number of nitrogens with one attached hydrogen (secondary N) is 2. The number of amides is 2. The lowest BCUT2D eigenvalue weighted by molar-refractivity contribution is -0.111. The van der Waals surface area contributed by atoms with Gasteiger partial charge in [-0.1, -0.05) is 38.1 Å². The van der Waals surface area contributed by atoms with Gasteiger partial charge in [0.1, 0.15) is 0 Å². The summed E-state index contributed by atoms with van der Waals surface area (Å²) in [4.78, 5) is 24.3. The molecule has 1 heterocycles. The van der Waals surface area contributed by atoms with Crippen LogP contribution in [0.5, 0.6) is 0 Å². The lowest BCUT2D eigenvalue weighted by Crippen LogP contribution is -2.12. The van der Waals surface area contributed by atoms with Crippen molar-refractivity contribution in [1.82, 2.24) is 0 Å². The fourth-order valence-electron chi connectivity index (χ4n) is 2.82. The number of benzene rings is 2. The quantitative estimate of drug-likeness (QED) is 0.539. The van der Waals surface area contributed by atoms with Crippen LogP contribution in [0.2, 0.25) is 0 Å². The van der Waals surface area contributed by atoms with Gasteiger partial charge in [0.05, 0.1) is 6.26 Å². The second-order valence-electron chi connectivity index (χ2n) is 7.11. The number of carbonyl (C=O) groups excluding carboxylic acids is 2. The van der Waals surface area contributed by atoms with E-state index >= 15 is 0 Å². The highest BCUT2D eigenvalue weighted by molar-refractivity contribution is 6.04. The molecular formula is C24H24N2O3. The third kappa shape index (κ3) is 5.45. The number of rotatable bonds is 6. The molecule has 0 aliphatic carbocycles. The average molecular weight is 388 g/mol. The Morgan fingerprint density at radius 3 is 2.38 bits per heavy atom. The Hall–Kier alpha value is -3.60. The number of carbonyl (C=O) groups is 2. The zero-order chi connectivity index (χ0) is 20.8. The molecule has 0 bridgehead atoms. The molecule has 2 N–H and O–H groups in total. The van der Waals surface area contributed by atoms with Crippen molar-refractivity contribution in [3.63, 3.8) is 0 Å². The first kappa shape index (κ1) is 20.1. The molecule has 29 heavy (non-hydrogen) atoms. The third-order valence-electron chi connectivity index (χ3n) is 4.52. The Balaban J connectivity index is 1.60. The van der Waals surface area contributed by atoms with Crippen LogP contribution in [0.1, 0.15) is 47.0 Å². The van der Waals surface area contributed by atoms with Crippen molar-refractivity contribution in [2.45, 2.75) is 26.7 Å². The second kappa shape index (κ2) is 9.06. The van der Waals surface area contributed by atoms with Crippen molar-refractivity contribution in [2.75, 3.05) is 10.6 Å². The Labute approximate surface area is 170 Å². The van der Waals surface area contributed by atoms with Gasteiger partial charge in [-0.3, -0.25) is 9.59 Å². The first-order chi connectivity index (χ1) is 13.9. The molecule has 2 aromatic carbocycles. The van der Waals surface area contributed by atoms with Crippen molar-refractivity contribution in [3.8, 4) is 0 Å². The Morgan fingerprint density at radius 1 is 1.00 bits per heavy atom. The van der Waals surface area contributed by atoms with E-state index in [-0.39, 0.29) is 17.6 Å². The molecule has 0 aliphatic heterocycles. The molecule has 5 heteroatoms. The normalized spacial score (nSPS) is 11.0. The maximum absolute atomic E-state index is 12.2. The molecule has 0 atom stereocenters. The van der Waals surface area contributed by atoms with Gasteiger partial charge in [-0.25, -0.2) is 0 Å². The molecule has 148 valence electrons. The van der Waals surface area contributed by atoms with Gasteiger partial charge in [0.2, 0.25) is 5.91 Å². The summed E-state index contributed by atoms with van der Waals surface area (Å²) in [7, 11) is 0. The minimum Gasteiger partial charge on any atom is -0.459 e. The highest BCUT2D eigenvalue weighted by Gasteiger charge is 2.10. The monoisotopic (exact) mass is 388 g/mol. The van der Waals surface area contributed by atoms with Gasteiger partial charge in [0, 0.05) is 17.5 Å². The molecule has 2 amide bonds. The number of anilines is 2. The minimum atomic E-state index is -0.318. The van der Waals surface area contributed by atoms with Gasteiger partial charge >= 0.3 is 0 Å². The fourth-order valence-corrected chi connectivity index (χ4v) is 2.82. The van der Waals surface area contributed by atoms with E-state index in [2.05, 4.69) is 36.6 Å². The number of furan rings is 1. The largest absolute Gasteiger partial charge is 0.459 e. The van der Waals surface area contributed by atoms with Crippen molar-refractivity contribution in [2.24, 2.45) is 0 Å². The number of hydrogen-bond acceptors (Lipinski definition) is 3. The Kier molecular flexibility index (Phi) is 6.29. The molecule has 0 aliphatic rings. The average Bonchev–Trinajstić information content (AvgIpc) is 3.24. The van der Waals surface area contributed by atoms with E-state index in [0.717, 1.165) is 11.1 Å². The zero-order valence-electron chi connectivity index (χ0n) is 16.7. The molecule has 0 spiro atoms. The number of aryl methyl sites for hydroxylation is 1. The molecule has 0 saturated carbocycles. The van der Waals surface area contributed by atoms with E-state index < -0.39 is 0 Å². The summed E-state index contributed by atoms with van der Waals surface area (Å²) in [6.07, 6.45) is 4.74. The van der Waals surface area contributed by atoms with Gasteiger partial charge < -0.3 is 15.1 Å². The lowest BCUT2D eigenvalue weighted by Gasteiger charge is -2.10. The first-order valence-electron chi connectivity index (χ1n) is 9.47. The van der Waals surface area contributed by atoms with Crippen molar-refractivity contribution in [3.05, 3.63) is 89.4 Å². The predicted octanol–water partition coefficient (Wildman–Crippen LogP) is 5.62. The van der Waals surface area contributed by atoms with Gasteiger partial charge in [-0.05, 0) is 65.9 Å². The molecule has 0 fully saturated rings. The SMILES string of the molecule is Cc1cc(NC(=O)/C=C/c2ccc(C(C)C)cc2)ccc1NC(=O)c1ccco1. The van der Waals surface area contributed by atoms with Crippen molar-refractivity contribution < 1.29 is 14.0 Å². The molecule has 3 rings (SSSR count). The summed E-state index contributed by atoms with van der Waals surface area (Å²) in [5.74, 6) is 0.186. The molecule has 5 nitrogen and oxygen atoms in total. The molecule has 0 unspecified atom stereocenters. The standard InChI is InChI=1S/C24H24N2O3/c1-16(2)19-9-6-18(7-10-19)8-13-23(27)25-20-11-12-21(17(3)15-20)26-24(28)22-5-4-14-29-22/h4-16H,1-3H3,(H,25,27)(H,26,28)/b13-8+. The summed E-state index contributed by atoms with van der Waals surface area (Å²) in [5.41, 5.74) is 4.38. The van der Waals surface area contributed by atoms with E-state index in [1.165, 1.54) is 17.9 Å². The van der Waals surface area contributed by atoms with E-state index in [4.69, 9.17) is 4.42 Å². The van der Waals surface area contributed by atoms with Crippen LogP contribution in [0.15, 0.2) is 71.4 Å². The van der Waals surface area contributed by atoms with Crippen LogP contribution >= 0.6 is 0 Å². The Morgan fingerprint density at radius 2 is 1.76 bits per heavy atom. The maximum Gasteiger partial charge on any atom is 0.291 e. The molecular weight excluding hydrogens is 364 g/mol. The first-order valence-corrected chi connectivity index (χ1v) is 9.47. The minimum absolute atomic E-state index is 0.218. The molecule has 1 aromatic heterocycles. The highest BCUT2D eigenvalue weighted by atomic mass is 16.3. The van der Waals surface area contributed by atoms with E-state index in [1.54, 1.807) is 36.4 Å². The van der Waals surface area contributed by atoms with Gasteiger partial charge in [0.25, 0.3) is 5.91 Å².